The van der Waals surface area contributed by atoms with Gasteiger partial charge in [0.05, 0.1) is 46.2 Å². The number of carbonyl (C=O) groups is 1. The van der Waals surface area contributed by atoms with Crippen molar-refractivity contribution >= 4 is 50.4 Å². The summed E-state index contributed by atoms with van der Waals surface area (Å²) in [5.41, 5.74) is 8.05. The molecule has 0 saturated heterocycles. The molecule has 2 aliphatic heterocycles. The number of carbonyl (C=O) groups excluding carboxylic acids is 1. The fourth-order valence-electron chi connectivity index (χ4n) is 2.35. The molecule has 20 heavy (non-hydrogen) atoms. The zero-order valence-electron chi connectivity index (χ0n) is 10.2. The Morgan fingerprint density at radius 3 is 2.95 bits per heavy atom. The van der Waals surface area contributed by atoms with Crippen molar-refractivity contribution in [3.63, 3.8) is 0 Å². The van der Waals surface area contributed by atoms with E-state index in [0.717, 1.165) is 16.8 Å². The van der Waals surface area contributed by atoms with Crippen LogP contribution < -0.4 is 10.5 Å². The van der Waals surface area contributed by atoms with Crippen molar-refractivity contribution in [2.45, 2.75) is 6.42 Å². The van der Waals surface area contributed by atoms with Crippen LogP contribution in [0.5, 0.6) is 5.75 Å². The maximum Gasteiger partial charge on any atom is 0.334 e. The summed E-state index contributed by atoms with van der Waals surface area (Å²) in [7, 11) is 0. The summed E-state index contributed by atoms with van der Waals surface area (Å²) in [6.07, 6.45) is 0.635. The normalized spacial score (nSPS) is 17.6. The topological polar surface area (TPSA) is 58.8 Å². The Bertz CT molecular complexity index is 637. The van der Waals surface area contributed by atoms with Gasteiger partial charge in [0.2, 0.25) is 0 Å². The van der Waals surface area contributed by atoms with Crippen molar-refractivity contribution in [2.24, 2.45) is 5.73 Å². The number of hydrogen-bond acceptors (Lipinski definition) is 3. The Morgan fingerprint density at radius 2 is 2.25 bits per heavy atom. The number of nitrogens with zero attached hydrogens (tertiary/aromatic N) is 2. The smallest absolute Gasteiger partial charge is 0.334 e. The second-order valence-electron chi connectivity index (χ2n) is 4.44. The number of amides is 2. The second kappa shape index (κ2) is 5.06. The Kier molecular flexibility index (Phi) is 3.53. The van der Waals surface area contributed by atoms with E-state index in [1.807, 2.05) is 22.9 Å². The summed E-state index contributed by atoms with van der Waals surface area (Å²) >= 11 is 5.22. The quantitative estimate of drug-likeness (QED) is 0.485. The lowest BCUT2D eigenvalue weighted by Crippen LogP contribution is -2.40. The van der Waals surface area contributed by atoms with Crippen molar-refractivity contribution in [3.05, 3.63) is 33.7 Å². The van der Waals surface area contributed by atoms with Crippen LogP contribution in [-0.2, 0) is 0 Å². The molecule has 0 atom stereocenters. The van der Waals surface area contributed by atoms with Crippen molar-refractivity contribution < 1.29 is 13.9 Å². The summed E-state index contributed by atoms with van der Waals surface area (Å²) < 4.78 is 21.3. The fraction of sp³-hybridized carbons (Fsp3) is 0.250. The maximum absolute atomic E-state index is 13.6. The summed E-state index contributed by atoms with van der Waals surface area (Å²) in [6.45, 7) is 0.793. The minimum absolute atomic E-state index is 0.363. The predicted octanol–water partition coefficient (Wildman–Crippen LogP) is 3.04. The molecule has 2 aliphatic rings. The number of primary amides is 1. The number of halogens is 3. The minimum atomic E-state index is -0.517. The van der Waals surface area contributed by atoms with E-state index in [9.17, 15) is 9.18 Å². The van der Waals surface area contributed by atoms with E-state index in [-0.39, 0.29) is 5.82 Å². The molecule has 0 saturated carbocycles. The first-order chi connectivity index (χ1) is 9.49. The molecule has 1 aromatic rings. The lowest BCUT2D eigenvalue weighted by Gasteiger charge is -2.24. The fourth-order valence-corrected chi connectivity index (χ4v) is 3.59. The number of urea groups is 1. The average molecular weight is 454 g/mol. The molecule has 1 aromatic carbocycles. The van der Waals surface area contributed by atoms with Gasteiger partial charge in [0, 0.05) is 23.6 Å². The summed E-state index contributed by atoms with van der Waals surface area (Å²) in [4.78, 5) is 11.4. The molecule has 3 rings (SSSR count). The molecule has 0 fully saturated rings. The first-order valence-corrected chi connectivity index (χ1v) is 7.62. The van der Waals surface area contributed by atoms with Crippen LogP contribution >= 0.6 is 38.8 Å². The Labute approximate surface area is 137 Å². The van der Waals surface area contributed by atoms with Gasteiger partial charge < -0.3 is 10.5 Å². The molecule has 0 aromatic heterocycles. The van der Waals surface area contributed by atoms with Gasteiger partial charge in [-0.2, -0.15) is 0 Å². The Morgan fingerprint density at radius 1 is 1.50 bits per heavy atom. The van der Waals surface area contributed by atoms with Crippen LogP contribution in [0.4, 0.5) is 9.18 Å². The van der Waals surface area contributed by atoms with E-state index >= 15 is 0 Å². The van der Waals surface area contributed by atoms with Crippen LogP contribution in [0.3, 0.4) is 0 Å². The molecule has 106 valence electrons. The zero-order valence-corrected chi connectivity index (χ0v) is 13.9. The minimum Gasteiger partial charge on any atom is -0.492 e. The maximum atomic E-state index is 13.6. The van der Waals surface area contributed by atoms with E-state index in [1.165, 1.54) is 11.1 Å². The van der Waals surface area contributed by atoms with Gasteiger partial charge in [0.15, 0.2) is 0 Å². The summed E-state index contributed by atoms with van der Waals surface area (Å²) in [5, 5.41) is 1.44. The molecule has 0 aliphatic carbocycles. The third-order valence-electron chi connectivity index (χ3n) is 3.29. The first kappa shape index (κ1) is 13.9. The van der Waals surface area contributed by atoms with Gasteiger partial charge in [-0.15, -0.1) is 0 Å². The molecule has 2 amide bonds. The van der Waals surface area contributed by atoms with Gasteiger partial charge in [-0.05, 0) is 22.0 Å². The lowest BCUT2D eigenvalue weighted by atomic mass is 10.0. The van der Waals surface area contributed by atoms with Crippen LogP contribution in [0.25, 0.3) is 5.57 Å². The first-order valence-electron chi connectivity index (χ1n) is 5.86. The van der Waals surface area contributed by atoms with E-state index in [4.69, 9.17) is 10.5 Å². The van der Waals surface area contributed by atoms with Crippen LogP contribution in [0.1, 0.15) is 12.0 Å². The van der Waals surface area contributed by atoms with E-state index in [1.54, 1.807) is 9.29 Å². The number of ether oxygens (including phenoxy) is 1. The SMILES string of the molecule is NC(=O)N1CC2=C(CCOc3cc(F)c(Br)cc32)N1I. The standard InChI is InChI=1S/C12H10BrFIN3O2/c13-8-3-6-7-5-17(12(16)19)18(15)10(7)1-2-20-11(6)4-9(8)14/h3-4H,1-2,5H2,(H2,16,19). The van der Waals surface area contributed by atoms with Gasteiger partial charge in [0.1, 0.15) is 11.6 Å². The largest absolute Gasteiger partial charge is 0.492 e. The highest BCUT2D eigenvalue weighted by atomic mass is 127. The third-order valence-corrected chi connectivity index (χ3v) is 5.00. The van der Waals surface area contributed by atoms with E-state index < -0.39 is 6.03 Å². The molecule has 0 spiro atoms. The number of nitrogens with two attached hydrogens (primary N) is 1. The molecular formula is C12H10BrFIN3O2. The summed E-state index contributed by atoms with van der Waals surface area (Å²) in [6, 6.07) is 2.52. The van der Waals surface area contributed by atoms with Gasteiger partial charge >= 0.3 is 6.03 Å². The van der Waals surface area contributed by atoms with Crippen molar-refractivity contribution in [2.75, 3.05) is 13.2 Å². The number of fused-ring (bicyclic) bond motifs is 2. The van der Waals surface area contributed by atoms with Crippen LogP contribution in [0, 0.1) is 5.82 Å². The molecule has 0 unspecified atom stereocenters. The zero-order chi connectivity index (χ0) is 14.4. The summed E-state index contributed by atoms with van der Waals surface area (Å²) in [5.74, 6) is 0.121. The molecular weight excluding hydrogens is 444 g/mol. The molecule has 0 radical (unpaired) electrons. The van der Waals surface area contributed by atoms with Gasteiger partial charge in [0.25, 0.3) is 0 Å². The molecule has 2 heterocycles. The van der Waals surface area contributed by atoms with Crippen molar-refractivity contribution in [1.82, 2.24) is 8.23 Å². The predicted molar refractivity (Wildman–Crippen MR) is 83.3 cm³/mol. The molecule has 0 bridgehead atoms. The lowest BCUT2D eigenvalue weighted by molar-refractivity contribution is 0.164. The number of hydrogen-bond donors (Lipinski definition) is 1. The molecule has 8 heteroatoms. The van der Waals surface area contributed by atoms with Gasteiger partial charge in [-0.25, -0.2) is 17.4 Å². The average Bonchev–Trinajstić information content (AvgIpc) is 2.61. The van der Waals surface area contributed by atoms with Crippen LogP contribution in [-0.4, -0.2) is 27.4 Å². The second-order valence-corrected chi connectivity index (χ2v) is 6.21. The van der Waals surface area contributed by atoms with Crippen molar-refractivity contribution in [3.8, 4) is 5.75 Å². The van der Waals surface area contributed by atoms with Crippen molar-refractivity contribution in [1.29, 1.82) is 0 Å². The molecule has 2 N–H and O–H groups in total. The number of benzene rings is 1. The Balaban J connectivity index is 2.12. The highest BCUT2D eigenvalue weighted by molar-refractivity contribution is 14.1. The monoisotopic (exact) mass is 453 g/mol. The highest BCUT2D eigenvalue weighted by Crippen LogP contribution is 2.42. The highest BCUT2D eigenvalue weighted by Gasteiger charge is 2.34. The van der Waals surface area contributed by atoms with Crippen LogP contribution in [0.15, 0.2) is 22.3 Å². The third kappa shape index (κ3) is 2.14. The van der Waals surface area contributed by atoms with Crippen LogP contribution in [0.2, 0.25) is 0 Å². The van der Waals surface area contributed by atoms with E-state index in [0.29, 0.717) is 29.8 Å². The number of rotatable bonds is 0. The van der Waals surface area contributed by atoms with Gasteiger partial charge in [-0.3, -0.25) is 0 Å². The van der Waals surface area contributed by atoms with E-state index in [2.05, 4.69) is 15.9 Å². The molecule has 5 nitrogen and oxygen atoms in total. The van der Waals surface area contributed by atoms with Gasteiger partial charge in [-0.1, -0.05) is 0 Å². The Hall–Kier alpha value is -1.03. The number of hydrazine groups is 1.